The van der Waals surface area contributed by atoms with E-state index in [0.29, 0.717) is 37.6 Å². The second-order valence-corrected chi connectivity index (χ2v) is 4.58. The van der Waals surface area contributed by atoms with Crippen molar-refractivity contribution in [1.29, 1.82) is 0 Å². The summed E-state index contributed by atoms with van der Waals surface area (Å²) in [7, 11) is 0. The molecule has 1 aromatic rings. The molecule has 17 heavy (non-hydrogen) atoms. The summed E-state index contributed by atoms with van der Waals surface area (Å²) in [5, 5.41) is 17.1. The first-order valence-corrected chi connectivity index (χ1v) is 5.88. The van der Waals surface area contributed by atoms with Crippen LogP contribution < -0.4 is 10.1 Å². The average Bonchev–Trinajstić information content (AvgIpc) is 2.89. The molecule has 0 atom stereocenters. The van der Waals surface area contributed by atoms with Crippen molar-refractivity contribution in [2.24, 2.45) is 0 Å². The molecule has 0 unspecified atom stereocenters. The Bertz CT molecular complexity index is 427. The number of carbonyl (C=O) groups is 1. The van der Waals surface area contributed by atoms with Crippen LogP contribution in [0.5, 0.6) is 5.88 Å². The highest BCUT2D eigenvalue weighted by molar-refractivity contribution is 5.81. The maximum Gasteiger partial charge on any atom is 0.315 e. The average molecular weight is 237 g/mol. The van der Waals surface area contributed by atoms with Crippen LogP contribution in [-0.4, -0.2) is 40.6 Å². The zero-order chi connectivity index (χ0) is 11.9. The molecule has 6 nitrogen and oxygen atoms in total. The second-order valence-electron chi connectivity index (χ2n) is 4.58. The summed E-state index contributed by atoms with van der Waals surface area (Å²) in [4.78, 5) is 11.6. The predicted octanol–water partition coefficient (Wildman–Crippen LogP) is -0.0187. The van der Waals surface area contributed by atoms with Crippen molar-refractivity contribution in [2.75, 3.05) is 19.7 Å². The molecule has 3 rings (SSSR count). The topological polar surface area (TPSA) is 76.4 Å². The third-order valence-corrected chi connectivity index (χ3v) is 3.65. The number of hydrogen-bond acceptors (Lipinski definition) is 4. The van der Waals surface area contributed by atoms with Crippen LogP contribution in [0.15, 0.2) is 6.07 Å². The molecule has 2 aliphatic rings. The van der Waals surface area contributed by atoms with Crippen molar-refractivity contribution < 1.29 is 14.6 Å². The molecule has 2 N–H and O–H groups in total. The van der Waals surface area contributed by atoms with E-state index < -0.39 is 11.4 Å². The quantitative estimate of drug-likeness (QED) is 0.756. The molecule has 0 saturated carbocycles. The van der Waals surface area contributed by atoms with Crippen LogP contribution in [-0.2, 0) is 16.8 Å². The van der Waals surface area contributed by atoms with E-state index in [1.807, 2.05) is 0 Å². The van der Waals surface area contributed by atoms with E-state index in [1.54, 1.807) is 10.7 Å². The fraction of sp³-hybridized carbons (Fsp3) is 0.636. The number of nitrogens with zero attached hydrogens (tertiary/aromatic N) is 2. The lowest BCUT2D eigenvalue weighted by Crippen LogP contribution is -2.45. The minimum atomic E-state index is -0.841. The number of fused-ring (bicyclic) bond motifs is 1. The molecule has 2 aliphatic heterocycles. The van der Waals surface area contributed by atoms with E-state index >= 15 is 0 Å². The third-order valence-electron chi connectivity index (χ3n) is 3.65. The van der Waals surface area contributed by atoms with Gasteiger partial charge in [-0.05, 0) is 25.9 Å². The molecule has 3 heterocycles. The van der Waals surface area contributed by atoms with Crippen LogP contribution in [0.1, 0.15) is 18.5 Å². The Labute approximate surface area is 98.6 Å². The summed E-state index contributed by atoms with van der Waals surface area (Å²) >= 11 is 0. The van der Waals surface area contributed by atoms with E-state index in [2.05, 4.69) is 10.4 Å². The van der Waals surface area contributed by atoms with Gasteiger partial charge in [0.15, 0.2) is 0 Å². The highest BCUT2D eigenvalue weighted by Crippen LogP contribution is 2.35. The molecule has 0 spiro atoms. The van der Waals surface area contributed by atoms with Gasteiger partial charge in [-0.3, -0.25) is 4.79 Å². The molecule has 1 fully saturated rings. The standard InChI is InChI=1S/C11H15N3O3/c15-10(16)11(1-3-12-4-2-11)8-7-9-14(13-8)5-6-17-9/h7,12H,1-6H2,(H,15,16). The number of piperidine rings is 1. The number of ether oxygens (including phenoxy) is 1. The maximum absolute atomic E-state index is 11.6. The van der Waals surface area contributed by atoms with Gasteiger partial charge in [-0.1, -0.05) is 0 Å². The first kappa shape index (κ1) is 10.6. The Morgan fingerprint density at radius 3 is 2.94 bits per heavy atom. The third kappa shape index (κ3) is 1.51. The SMILES string of the molecule is O=C(O)C1(c2cc3n(n2)CCO3)CCNCC1. The number of carboxylic acids is 1. The van der Waals surface area contributed by atoms with Crippen LogP contribution in [0, 0.1) is 0 Å². The van der Waals surface area contributed by atoms with E-state index in [-0.39, 0.29) is 0 Å². The Hall–Kier alpha value is -1.56. The van der Waals surface area contributed by atoms with Crippen molar-refractivity contribution in [3.05, 3.63) is 11.8 Å². The summed E-state index contributed by atoms with van der Waals surface area (Å²) in [5.74, 6) is -0.0880. The van der Waals surface area contributed by atoms with Crippen LogP contribution >= 0.6 is 0 Å². The molecular formula is C11H15N3O3. The zero-order valence-electron chi connectivity index (χ0n) is 9.48. The van der Waals surface area contributed by atoms with Gasteiger partial charge in [-0.25, -0.2) is 4.68 Å². The minimum absolute atomic E-state index is 0.582. The van der Waals surface area contributed by atoms with E-state index in [0.717, 1.165) is 13.1 Å². The lowest BCUT2D eigenvalue weighted by atomic mass is 9.76. The first-order valence-electron chi connectivity index (χ1n) is 5.88. The lowest BCUT2D eigenvalue weighted by molar-refractivity contribution is -0.145. The molecule has 1 aromatic heterocycles. The monoisotopic (exact) mass is 237 g/mol. The number of hydrogen-bond donors (Lipinski definition) is 2. The first-order chi connectivity index (χ1) is 8.22. The predicted molar refractivity (Wildman–Crippen MR) is 59.1 cm³/mol. The van der Waals surface area contributed by atoms with Gasteiger partial charge in [-0.2, -0.15) is 5.10 Å². The normalized spacial score (nSPS) is 21.9. The number of aliphatic carboxylic acids is 1. The summed E-state index contributed by atoms with van der Waals surface area (Å²) in [6, 6.07) is 1.78. The Balaban J connectivity index is 2.00. The van der Waals surface area contributed by atoms with Gasteiger partial charge in [0.1, 0.15) is 12.0 Å². The molecule has 1 saturated heterocycles. The summed E-state index contributed by atoms with van der Waals surface area (Å²) in [6.45, 7) is 2.78. The summed E-state index contributed by atoms with van der Waals surface area (Å²) < 4.78 is 7.14. The van der Waals surface area contributed by atoms with Crippen molar-refractivity contribution in [3.8, 4) is 5.88 Å². The van der Waals surface area contributed by atoms with E-state index in [4.69, 9.17) is 4.74 Å². The van der Waals surface area contributed by atoms with Gasteiger partial charge in [0.2, 0.25) is 5.88 Å². The van der Waals surface area contributed by atoms with Crippen LogP contribution in [0.3, 0.4) is 0 Å². The van der Waals surface area contributed by atoms with Crippen LogP contribution in [0.25, 0.3) is 0 Å². The highest BCUT2D eigenvalue weighted by atomic mass is 16.5. The molecule has 0 bridgehead atoms. The Morgan fingerprint density at radius 2 is 2.29 bits per heavy atom. The molecule has 0 radical (unpaired) electrons. The highest BCUT2D eigenvalue weighted by Gasteiger charge is 2.44. The van der Waals surface area contributed by atoms with Crippen LogP contribution in [0.2, 0.25) is 0 Å². The van der Waals surface area contributed by atoms with Gasteiger partial charge >= 0.3 is 5.97 Å². The summed E-state index contributed by atoms with van der Waals surface area (Å²) in [5.41, 5.74) is -0.201. The molecule has 0 aromatic carbocycles. The van der Waals surface area contributed by atoms with Gasteiger partial charge in [0.25, 0.3) is 0 Å². The maximum atomic E-state index is 11.6. The molecule has 0 amide bonds. The Morgan fingerprint density at radius 1 is 1.53 bits per heavy atom. The van der Waals surface area contributed by atoms with E-state index in [1.165, 1.54) is 0 Å². The van der Waals surface area contributed by atoms with Crippen molar-refractivity contribution in [1.82, 2.24) is 15.1 Å². The fourth-order valence-corrected chi connectivity index (χ4v) is 2.58. The van der Waals surface area contributed by atoms with E-state index in [9.17, 15) is 9.90 Å². The largest absolute Gasteiger partial charge is 0.481 e. The minimum Gasteiger partial charge on any atom is -0.481 e. The van der Waals surface area contributed by atoms with Gasteiger partial charge < -0.3 is 15.2 Å². The summed E-state index contributed by atoms with van der Waals surface area (Å²) in [6.07, 6.45) is 1.16. The molecule has 6 heteroatoms. The van der Waals surface area contributed by atoms with Crippen molar-refractivity contribution in [2.45, 2.75) is 24.8 Å². The van der Waals surface area contributed by atoms with Gasteiger partial charge in [0, 0.05) is 6.07 Å². The number of aromatic nitrogens is 2. The fourth-order valence-electron chi connectivity index (χ4n) is 2.58. The van der Waals surface area contributed by atoms with Crippen molar-refractivity contribution in [3.63, 3.8) is 0 Å². The number of nitrogens with one attached hydrogen (secondary N) is 1. The number of rotatable bonds is 2. The van der Waals surface area contributed by atoms with Gasteiger partial charge in [-0.15, -0.1) is 0 Å². The van der Waals surface area contributed by atoms with Crippen molar-refractivity contribution >= 4 is 5.97 Å². The molecular weight excluding hydrogens is 222 g/mol. The smallest absolute Gasteiger partial charge is 0.315 e. The lowest BCUT2D eigenvalue weighted by Gasteiger charge is -2.31. The molecule has 0 aliphatic carbocycles. The van der Waals surface area contributed by atoms with Gasteiger partial charge in [0.05, 0.1) is 12.2 Å². The number of carboxylic acid groups (broad SMARTS) is 1. The molecule has 92 valence electrons. The Kier molecular flexibility index (Phi) is 2.32. The second kappa shape index (κ2) is 3.73. The van der Waals surface area contributed by atoms with Crippen LogP contribution in [0.4, 0.5) is 0 Å². The zero-order valence-corrected chi connectivity index (χ0v) is 9.48.